The first-order valence-electron chi connectivity index (χ1n) is 12.7. The van der Waals surface area contributed by atoms with Crippen LogP contribution in [0.25, 0.3) is 0 Å². The molecule has 5 nitrogen and oxygen atoms in total. The van der Waals surface area contributed by atoms with E-state index in [-0.39, 0.29) is 0 Å². The lowest BCUT2D eigenvalue weighted by Gasteiger charge is -2.58. The van der Waals surface area contributed by atoms with E-state index in [0.717, 1.165) is 35.6 Å². The van der Waals surface area contributed by atoms with Gasteiger partial charge in [-0.15, -0.1) is 0 Å². The van der Waals surface area contributed by atoms with Gasteiger partial charge in [0.15, 0.2) is 8.32 Å². The van der Waals surface area contributed by atoms with Crippen LogP contribution in [0.3, 0.4) is 0 Å². The van der Waals surface area contributed by atoms with Crippen molar-refractivity contribution in [2.24, 2.45) is 44.8 Å². The molecule has 4 aliphatic rings. The predicted octanol–water partition coefficient (Wildman–Crippen LogP) is 6.42. The van der Waals surface area contributed by atoms with Crippen LogP contribution in [0.2, 0.25) is 19.6 Å². The highest BCUT2D eigenvalue weighted by Crippen LogP contribution is 2.66. The number of hydrogen-bond acceptors (Lipinski definition) is 5. The Morgan fingerprint density at radius 1 is 1.00 bits per heavy atom. The van der Waals surface area contributed by atoms with E-state index in [1.54, 1.807) is 19.8 Å². The fourth-order valence-electron chi connectivity index (χ4n) is 7.91. The van der Waals surface area contributed by atoms with Crippen LogP contribution in [0.15, 0.2) is 22.0 Å². The standard InChI is InChI=1S/C26H44N2O3Si/c1-25-14-12-19(27-29-3)16-18(25)8-9-20-21-10-11-23(26(21,2)15-13-22(20)25)24(28-30-4)17-31-32(5,6)7/h16,20-23H,8-15,17H2,1-7H3/b27-19+,28-24-/t20?,21?,22?,23?,25-,26-/m0/s1. The smallest absolute Gasteiger partial charge is 0.184 e. The summed E-state index contributed by atoms with van der Waals surface area (Å²) < 4.78 is 6.30. The first-order chi connectivity index (χ1) is 15.1. The Labute approximate surface area is 196 Å². The summed E-state index contributed by atoms with van der Waals surface area (Å²) in [5.74, 6) is 2.89. The van der Waals surface area contributed by atoms with E-state index < -0.39 is 8.32 Å². The van der Waals surface area contributed by atoms with Crippen LogP contribution in [0.5, 0.6) is 0 Å². The molecule has 0 aliphatic heterocycles. The van der Waals surface area contributed by atoms with Gasteiger partial charge in [-0.1, -0.05) is 29.7 Å². The third-order valence-corrected chi connectivity index (χ3v) is 10.5. The zero-order valence-corrected chi connectivity index (χ0v) is 22.4. The molecule has 4 unspecified atom stereocenters. The van der Waals surface area contributed by atoms with Crippen LogP contribution < -0.4 is 0 Å². The van der Waals surface area contributed by atoms with E-state index in [4.69, 9.17) is 14.1 Å². The van der Waals surface area contributed by atoms with Crippen molar-refractivity contribution in [3.05, 3.63) is 11.6 Å². The Bertz CT molecular complexity index is 801. The Balaban J connectivity index is 1.56. The van der Waals surface area contributed by atoms with Crippen molar-refractivity contribution in [1.29, 1.82) is 0 Å². The first kappa shape index (κ1) is 24.0. The van der Waals surface area contributed by atoms with Crippen molar-refractivity contribution in [3.8, 4) is 0 Å². The van der Waals surface area contributed by atoms with Gasteiger partial charge in [0.05, 0.1) is 18.0 Å². The number of nitrogens with zero attached hydrogens (tertiary/aromatic N) is 2. The molecule has 0 amide bonds. The minimum Gasteiger partial charge on any atom is -0.412 e. The summed E-state index contributed by atoms with van der Waals surface area (Å²) in [6.07, 6.45) is 12.3. The van der Waals surface area contributed by atoms with Crippen LogP contribution in [-0.2, 0) is 14.1 Å². The van der Waals surface area contributed by atoms with E-state index in [2.05, 4.69) is 49.9 Å². The van der Waals surface area contributed by atoms with E-state index in [1.807, 2.05) is 0 Å². The van der Waals surface area contributed by atoms with Crippen molar-refractivity contribution >= 4 is 19.7 Å². The Morgan fingerprint density at radius 3 is 2.47 bits per heavy atom. The Morgan fingerprint density at radius 2 is 1.78 bits per heavy atom. The number of allylic oxidation sites excluding steroid dienone is 2. The van der Waals surface area contributed by atoms with Crippen LogP contribution >= 0.6 is 0 Å². The van der Waals surface area contributed by atoms with Crippen LogP contribution in [0, 0.1) is 34.5 Å². The van der Waals surface area contributed by atoms with E-state index >= 15 is 0 Å². The van der Waals surface area contributed by atoms with Crippen molar-refractivity contribution in [2.45, 2.75) is 84.9 Å². The largest absolute Gasteiger partial charge is 0.412 e. The maximum absolute atomic E-state index is 6.30. The number of rotatable bonds is 6. The lowest BCUT2D eigenvalue weighted by atomic mass is 9.46. The molecule has 4 aliphatic carbocycles. The zero-order chi connectivity index (χ0) is 23.1. The van der Waals surface area contributed by atoms with Gasteiger partial charge in [0.1, 0.15) is 14.2 Å². The lowest BCUT2D eigenvalue weighted by Crippen LogP contribution is -2.51. The Hall–Kier alpha value is -1.14. The van der Waals surface area contributed by atoms with Crippen molar-refractivity contribution < 1.29 is 14.1 Å². The summed E-state index contributed by atoms with van der Waals surface area (Å²) in [7, 11) is 1.74. The third-order valence-electron chi connectivity index (χ3n) is 9.45. The summed E-state index contributed by atoms with van der Waals surface area (Å²) >= 11 is 0. The van der Waals surface area contributed by atoms with Gasteiger partial charge in [-0.25, -0.2) is 0 Å². The van der Waals surface area contributed by atoms with Gasteiger partial charge >= 0.3 is 0 Å². The second-order valence-electron chi connectivity index (χ2n) is 12.1. The van der Waals surface area contributed by atoms with Gasteiger partial charge in [0, 0.05) is 5.92 Å². The van der Waals surface area contributed by atoms with Crippen LogP contribution in [-0.4, -0.2) is 40.6 Å². The second kappa shape index (κ2) is 8.90. The van der Waals surface area contributed by atoms with Gasteiger partial charge in [0.2, 0.25) is 0 Å². The molecule has 3 fully saturated rings. The maximum Gasteiger partial charge on any atom is 0.184 e. The number of hydrogen-bond donors (Lipinski definition) is 0. The first-order valence-corrected chi connectivity index (χ1v) is 16.1. The molecule has 0 spiro atoms. The molecule has 0 saturated heterocycles. The maximum atomic E-state index is 6.30. The topological polar surface area (TPSA) is 52.4 Å². The highest BCUT2D eigenvalue weighted by Gasteiger charge is 2.59. The number of oxime groups is 2. The lowest BCUT2D eigenvalue weighted by molar-refractivity contribution is -0.0415. The summed E-state index contributed by atoms with van der Waals surface area (Å²) in [5.41, 5.74) is 4.56. The van der Waals surface area contributed by atoms with Gasteiger partial charge in [-0.2, -0.15) is 0 Å². The summed E-state index contributed by atoms with van der Waals surface area (Å²) in [6, 6.07) is 0. The summed E-state index contributed by atoms with van der Waals surface area (Å²) in [4.78, 5) is 10.4. The molecule has 6 atom stereocenters. The van der Waals surface area contributed by atoms with Gasteiger partial charge in [-0.05, 0) is 106 Å². The van der Waals surface area contributed by atoms with Crippen molar-refractivity contribution in [2.75, 3.05) is 20.8 Å². The number of fused-ring (bicyclic) bond motifs is 5. The molecule has 6 heteroatoms. The molecule has 0 radical (unpaired) electrons. The molecule has 0 heterocycles. The average Bonchev–Trinajstić information content (AvgIpc) is 3.08. The monoisotopic (exact) mass is 460 g/mol. The molecule has 32 heavy (non-hydrogen) atoms. The SMILES string of the molecule is CO/N=C1/C=C2CCC3C4CCC(/C(CO[Si](C)(C)C)=N\OC)[C@@]4(C)CCC3[C@@]2(C)CC1. The molecule has 0 aromatic heterocycles. The third kappa shape index (κ3) is 4.22. The molecule has 4 rings (SSSR count). The van der Waals surface area contributed by atoms with E-state index in [1.165, 1.54) is 44.9 Å². The molecule has 3 saturated carbocycles. The minimum atomic E-state index is -1.60. The fourth-order valence-corrected chi connectivity index (χ4v) is 8.49. The Kier molecular flexibility index (Phi) is 6.67. The normalized spacial score (nSPS) is 40.9. The molecule has 0 aromatic carbocycles. The van der Waals surface area contributed by atoms with E-state index in [9.17, 15) is 0 Å². The highest BCUT2D eigenvalue weighted by molar-refractivity contribution is 6.69. The molecule has 0 bridgehead atoms. The summed E-state index contributed by atoms with van der Waals surface area (Å²) in [5, 5.41) is 8.80. The second-order valence-corrected chi connectivity index (χ2v) is 16.6. The highest BCUT2D eigenvalue weighted by atomic mass is 28.4. The van der Waals surface area contributed by atoms with Crippen molar-refractivity contribution in [1.82, 2.24) is 0 Å². The van der Waals surface area contributed by atoms with Crippen LogP contribution in [0.4, 0.5) is 0 Å². The van der Waals surface area contributed by atoms with Crippen LogP contribution in [0.1, 0.15) is 65.2 Å². The van der Waals surface area contributed by atoms with Gasteiger partial charge < -0.3 is 14.1 Å². The van der Waals surface area contributed by atoms with Gasteiger partial charge in [-0.3, -0.25) is 0 Å². The molecule has 0 aromatic rings. The molecular weight excluding hydrogens is 416 g/mol. The summed E-state index contributed by atoms with van der Waals surface area (Å²) in [6.45, 7) is 12.5. The van der Waals surface area contributed by atoms with Gasteiger partial charge in [0.25, 0.3) is 0 Å². The average molecular weight is 461 g/mol. The minimum absolute atomic E-state index is 0.316. The van der Waals surface area contributed by atoms with Crippen molar-refractivity contribution in [3.63, 3.8) is 0 Å². The molecule has 0 N–H and O–H groups in total. The molecule has 180 valence electrons. The predicted molar refractivity (Wildman–Crippen MR) is 133 cm³/mol. The fraction of sp³-hybridized carbons (Fsp3) is 0.846. The quantitative estimate of drug-likeness (QED) is 0.261. The zero-order valence-electron chi connectivity index (χ0n) is 21.4. The molecular formula is C26H44N2O3Si. The van der Waals surface area contributed by atoms with E-state index in [0.29, 0.717) is 23.4 Å².